The van der Waals surface area contributed by atoms with Crippen LogP contribution in [0.1, 0.15) is 26.7 Å². The summed E-state index contributed by atoms with van der Waals surface area (Å²) in [7, 11) is 0. The lowest BCUT2D eigenvalue weighted by molar-refractivity contribution is 0.532. The summed E-state index contributed by atoms with van der Waals surface area (Å²) in [5.41, 5.74) is 3.41. The Kier molecular flexibility index (Phi) is 5.48. The summed E-state index contributed by atoms with van der Waals surface area (Å²) in [6, 6.07) is 18.6. The molecule has 0 aromatic heterocycles. The fourth-order valence-corrected chi connectivity index (χ4v) is 2.08. The highest BCUT2D eigenvalue weighted by Gasteiger charge is 2.03. The van der Waals surface area contributed by atoms with E-state index in [0.29, 0.717) is 0 Å². The van der Waals surface area contributed by atoms with Gasteiger partial charge in [0.05, 0.1) is 11.4 Å². The summed E-state index contributed by atoms with van der Waals surface area (Å²) < 4.78 is 0. The third-order valence-corrected chi connectivity index (χ3v) is 3.63. The molecule has 1 unspecified atom stereocenters. The minimum Gasteiger partial charge on any atom is -0.383 e. The summed E-state index contributed by atoms with van der Waals surface area (Å²) in [6.45, 7) is 5.56. The maximum atomic E-state index is 3.54. The fraction of sp³-hybridized carbons (Fsp3) is 0.333. The topological polar surface area (TPSA) is 24.1 Å². The Labute approximate surface area is 122 Å². The largest absolute Gasteiger partial charge is 0.383 e. The third-order valence-electron chi connectivity index (χ3n) is 3.63. The molecule has 2 heteroatoms. The summed E-state index contributed by atoms with van der Waals surface area (Å²) in [6.07, 6.45) is 2.45. The number of hydrogen-bond acceptors (Lipinski definition) is 2. The molecule has 0 fully saturated rings. The van der Waals surface area contributed by atoms with Crippen molar-refractivity contribution in [1.82, 2.24) is 0 Å². The average molecular weight is 268 g/mol. The van der Waals surface area contributed by atoms with E-state index in [9.17, 15) is 0 Å². The van der Waals surface area contributed by atoms with Crippen LogP contribution in [0.25, 0.3) is 0 Å². The second kappa shape index (κ2) is 7.59. The highest BCUT2D eigenvalue weighted by molar-refractivity contribution is 5.74. The van der Waals surface area contributed by atoms with E-state index in [1.807, 2.05) is 18.2 Å². The van der Waals surface area contributed by atoms with Crippen LogP contribution >= 0.6 is 0 Å². The zero-order valence-electron chi connectivity index (χ0n) is 12.4. The Morgan fingerprint density at radius 3 is 2.25 bits per heavy atom. The van der Waals surface area contributed by atoms with Gasteiger partial charge in [0.25, 0.3) is 0 Å². The van der Waals surface area contributed by atoms with Crippen LogP contribution in [0.3, 0.4) is 0 Å². The predicted molar refractivity (Wildman–Crippen MR) is 88.7 cm³/mol. The first-order chi connectivity index (χ1) is 9.79. The molecule has 0 amide bonds. The van der Waals surface area contributed by atoms with Crippen LogP contribution in [0, 0.1) is 5.92 Å². The monoisotopic (exact) mass is 268 g/mol. The minimum absolute atomic E-state index is 0.775. The van der Waals surface area contributed by atoms with Gasteiger partial charge in [0.2, 0.25) is 0 Å². The van der Waals surface area contributed by atoms with Gasteiger partial charge in [0, 0.05) is 12.2 Å². The van der Waals surface area contributed by atoms with Gasteiger partial charge in [-0.2, -0.15) is 0 Å². The second-order valence-electron chi connectivity index (χ2n) is 5.27. The van der Waals surface area contributed by atoms with E-state index >= 15 is 0 Å². The summed E-state index contributed by atoms with van der Waals surface area (Å²) >= 11 is 0. The van der Waals surface area contributed by atoms with Crippen LogP contribution in [0.5, 0.6) is 0 Å². The first kappa shape index (κ1) is 14.4. The van der Waals surface area contributed by atoms with Crippen molar-refractivity contribution in [2.75, 3.05) is 17.2 Å². The number of para-hydroxylation sites is 3. The molecule has 106 valence electrons. The molecule has 2 aromatic rings. The molecule has 0 aliphatic rings. The molecule has 0 saturated carbocycles. The molecule has 2 aromatic carbocycles. The average Bonchev–Trinajstić information content (AvgIpc) is 2.50. The number of benzene rings is 2. The van der Waals surface area contributed by atoms with Crippen LogP contribution in [0.15, 0.2) is 54.6 Å². The molecule has 0 saturated heterocycles. The lowest BCUT2D eigenvalue weighted by atomic mass is 10.1. The zero-order valence-corrected chi connectivity index (χ0v) is 12.4. The van der Waals surface area contributed by atoms with Gasteiger partial charge in [-0.15, -0.1) is 0 Å². The van der Waals surface area contributed by atoms with Gasteiger partial charge in [-0.1, -0.05) is 50.6 Å². The molecular weight excluding hydrogens is 244 g/mol. The molecule has 0 aliphatic carbocycles. The lowest BCUT2D eigenvalue weighted by Gasteiger charge is -2.15. The summed E-state index contributed by atoms with van der Waals surface area (Å²) in [4.78, 5) is 0. The number of hydrogen-bond donors (Lipinski definition) is 2. The quantitative estimate of drug-likeness (QED) is 0.714. The van der Waals surface area contributed by atoms with Crippen molar-refractivity contribution < 1.29 is 0 Å². The van der Waals surface area contributed by atoms with Gasteiger partial charge < -0.3 is 10.6 Å². The van der Waals surface area contributed by atoms with Crippen LogP contribution in [-0.4, -0.2) is 6.54 Å². The Hall–Kier alpha value is -1.96. The van der Waals surface area contributed by atoms with Gasteiger partial charge in [0.15, 0.2) is 0 Å². The van der Waals surface area contributed by atoms with E-state index in [2.05, 4.69) is 60.9 Å². The van der Waals surface area contributed by atoms with Crippen LogP contribution in [0.4, 0.5) is 17.1 Å². The van der Waals surface area contributed by atoms with Crippen LogP contribution in [0.2, 0.25) is 0 Å². The van der Waals surface area contributed by atoms with E-state index in [0.717, 1.165) is 23.8 Å². The molecule has 0 aliphatic heterocycles. The van der Waals surface area contributed by atoms with Crippen molar-refractivity contribution in [1.29, 1.82) is 0 Å². The van der Waals surface area contributed by atoms with E-state index < -0.39 is 0 Å². The number of anilines is 3. The smallest absolute Gasteiger partial charge is 0.0620 e. The van der Waals surface area contributed by atoms with Crippen molar-refractivity contribution in [3.63, 3.8) is 0 Å². The van der Waals surface area contributed by atoms with Crippen molar-refractivity contribution in [3.05, 3.63) is 54.6 Å². The van der Waals surface area contributed by atoms with Crippen molar-refractivity contribution >= 4 is 17.1 Å². The van der Waals surface area contributed by atoms with E-state index in [1.54, 1.807) is 0 Å². The van der Waals surface area contributed by atoms with E-state index in [1.165, 1.54) is 18.5 Å². The lowest BCUT2D eigenvalue weighted by Crippen LogP contribution is -2.07. The van der Waals surface area contributed by atoms with Crippen molar-refractivity contribution in [2.24, 2.45) is 5.92 Å². The molecule has 20 heavy (non-hydrogen) atoms. The van der Waals surface area contributed by atoms with Crippen LogP contribution in [-0.2, 0) is 0 Å². The SMILES string of the molecule is CCC(C)CCNc1ccccc1Nc1ccccc1. The Morgan fingerprint density at radius 2 is 1.55 bits per heavy atom. The standard InChI is InChI=1S/C18H24N2/c1-3-15(2)13-14-19-17-11-7-8-12-18(17)20-16-9-5-4-6-10-16/h4-12,15,19-20H,3,13-14H2,1-2H3. The fourth-order valence-electron chi connectivity index (χ4n) is 2.08. The molecule has 2 nitrogen and oxygen atoms in total. The first-order valence-corrected chi connectivity index (χ1v) is 7.44. The highest BCUT2D eigenvalue weighted by atomic mass is 15.0. The number of rotatable bonds is 7. The van der Waals surface area contributed by atoms with Gasteiger partial charge >= 0.3 is 0 Å². The maximum absolute atomic E-state index is 3.54. The highest BCUT2D eigenvalue weighted by Crippen LogP contribution is 2.25. The van der Waals surface area contributed by atoms with Gasteiger partial charge in [-0.3, -0.25) is 0 Å². The van der Waals surface area contributed by atoms with Crippen molar-refractivity contribution in [2.45, 2.75) is 26.7 Å². The molecule has 2 N–H and O–H groups in total. The Bertz CT molecular complexity index is 508. The van der Waals surface area contributed by atoms with E-state index in [4.69, 9.17) is 0 Å². The van der Waals surface area contributed by atoms with Gasteiger partial charge in [0.1, 0.15) is 0 Å². The zero-order chi connectivity index (χ0) is 14.2. The maximum Gasteiger partial charge on any atom is 0.0620 e. The molecule has 0 spiro atoms. The Morgan fingerprint density at radius 1 is 0.900 bits per heavy atom. The molecule has 0 radical (unpaired) electrons. The van der Waals surface area contributed by atoms with E-state index in [-0.39, 0.29) is 0 Å². The van der Waals surface area contributed by atoms with Crippen LogP contribution < -0.4 is 10.6 Å². The van der Waals surface area contributed by atoms with Gasteiger partial charge in [-0.05, 0) is 36.6 Å². The first-order valence-electron chi connectivity index (χ1n) is 7.44. The third kappa shape index (κ3) is 4.30. The normalized spacial score (nSPS) is 11.9. The molecule has 1 atom stereocenters. The predicted octanol–water partition coefficient (Wildman–Crippen LogP) is 5.28. The Balaban J connectivity index is 1.99. The molecule has 0 bridgehead atoms. The summed E-state index contributed by atoms with van der Waals surface area (Å²) in [5.74, 6) is 0.775. The number of nitrogens with one attached hydrogen (secondary N) is 2. The van der Waals surface area contributed by atoms with Crippen molar-refractivity contribution in [3.8, 4) is 0 Å². The summed E-state index contributed by atoms with van der Waals surface area (Å²) in [5, 5.41) is 7.00. The molecule has 2 rings (SSSR count). The minimum atomic E-state index is 0.775. The van der Waals surface area contributed by atoms with Gasteiger partial charge in [-0.25, -0.2) is 0 Å². The second-order valence-corrected chi connectivity index (χ2v) is 5.27. The molecule has 0 heterocycles. The molecular formula is C18H24N2.